The van der Waals surface area contributed by atoms with Gasteiger partial charge in [-0.05, 0) is 12.3 Å². The number of methoxy groups -OCH3 is 1. The second kappa shape index (κ2) is 8.13. The average Bonchev–Trinajstić information content (AvgIpc) is 2.25. The molecule has 0 saturated carbocycles. The quantitative estimate of drug-likeness (QED) is 0.535. The van der Waals surface area contributed by atoms with Gasteiger partial charge in [0, 0.05) is 6.42 Å². The highest BCUT2D eigenvalue weighted by Crippen LogP contribution is 2.05. The number of hydrogen-bond acceptors (Lipinski definition) is 3. The van der Waals surface area contributed by atoms with Crippen LogP contribution in [0.15, 0.2) is 0 Å². The van der Waals surface area contributed by atoms with Crippen LogP contribution >= 0.6 is 0 Å². The smallest absolute Gasteiger partial charge is 0.328 e. The minimum Gasteiger partial charge on any atom is -0.467 e. The first-order chi connectivity index (χ1) is 7.52. The monoisotopic (exact) mass is 229 g/mol. The molecule has 0 heterocycles. The predicted molar refractivity (Wildman–Crippen MR) is 62.9 cm³/mol. The van der Waals surface area contributed by atoms with Crippen molar-refractivity contribution in [3.05, 3.63) is 0 Å². The van der Waals surface area contributed by atoms with Gasteiger partial charge in [-0.25, -0.2) is 4.79 Å². The Hall–Kier alpha value is -1.06. The molecule has 1 unspecified atom stereocenters. The lowest BCUT2D eigenvalue weighted by molar-refractivity contribution is -0.146. The summed E-state index contributed by atoms with van der Waals surface area (Å²) in [5.74, 6) is -0.404. The predicted octanol–water partition coefficient (Wildman–Crippen LogP) is 1.88. The summed E-state index contributed by atoms with van der Waals surface area (Å²) in [6.07, 6.45) is 3.47. The first-order valence-electron chi connectivity index (χ1n) is 5.90. The van der Waals surface area contributed by atoms with E-state index in [0.717, 1.165) is 19.3 Å². The Balaban J connectivity index is 4.09. The molecule has 0 aromatic heterocycles. The lowest BCUT2D eigenvalue weighted by Gasteiger charge is -2.19. The van der Waals surface area contributed by atoms with Gasteiger partial charge in [-0.3, -0.25) is 4.79 Å². The van der Waals surface area contributed by atoms with Crippen LogP contribution in [0.5, 0.6) is 0 Å². The zero-order valence-electron chi connectivity index (χ0n) is 10.7. The van der Waals surface area contributed by atoms with Crippen molar-refractivity contribution in [2.24, 2.45) is 5.92 Å². The van der Waals surface area contributed by atoms with E-state index in [2.05, 4.69) is 17.0 Å². The maximum absolute atomic E-state index is 11.5. The fraction of sp³-hybridized carbons (Fsp3) is 0.833. The third kappa shape index (κ3) is 5.73. The zero-order chi connectivity index (χ0) is 12.6. The molecule has 16 heavy (non-hydrogen) atoms. The van der Waals surface area contributed by atoms with E-state index in [4.69, 9.17) is 0 Å². The van der Waals surface area contributed by atoms with Gasteiger partial charge >= 0.3 is 5.97 Å². The number of rotatable bonds is 7. The molecular weight excluding hydrogens is 206 g/mol. The van der Waals surface area contributed by atoms with Crippen molar-refractivity contribution in [3.8, 4) is 0 Å². The van der Waals surface area contributed by atoms with E-state index in [1.54, 1.807) is 0 Å². The number of nitrogens with one attached hydrogen (secondary N) is 1. The molecule has 0 fully saturated rings. The SMILES string of the molecule is CCCCCC(=O)NC(C(=O)OC)C(C)C. The standard InChI is InChI=1S/C12H23NO3/c1-5-6-7-8-10(14)13-11(9(2)3)12(15)16-4/h9,11H,5-8H2,1-4H3,(H,13,14). The van der Waals surface area contributed by atoms with E-state index >= 15 is 0 Å². The van der Waals surface area contributed by atoms with Crippen LogP contribution in [0.25, 0.3) is 0 Å². The van der Waals surface area contributed by atoms with Crippen molar-refractivity contribution in [1.82, 2.24) is 5.32 Å². The molecule has 0 aromatic carbocycles. The number of esters is 1. The van der Waals surface area contributed by atoms with Gasteiger partial charge in [-0.2, -0.15) is 0 Å². The van der Waals surface area contributed by atoms with Crippen LogP contribution in [0.1, 0.15) is 46.5 Å². The van der Waals surface area contributed by atoms with E-state index < -0.39 is 6.04 Å². The lowest BCUT2D eigenvalue weighted by Crippen LogP contribution is -2.44. The summed E-state index contributed by atoms with van der Waals surface area (Å²) in [6.45, 7) is 5.85. The largest absolute Gasteiger partial charge is 0.467 e. The summed E-state index contributed by atoms with van der Waals surface area (Å²) in [4.78, 5) is 22.9. The Bertz CT molecular complexity index is 226. The number of amides is 1. The number of carbonyl (C=O) groups is 2. The minimum absolute atomic E-state index is 0.0441. The van der Waals surface area contributed by atoms with Crippen LogP contribution in [0, 0.1) is 5.92 Å². The molecule has 0 saturated heterocycles. The topological polar surface area (TPSA) is 55.4 Å². The van der Waals surface area contributed by atoms with Crippen LogP contribution in [0.3, 0.4) is 0 Å². The zero-order valence-corrected chi connectivity index (χ0v) is 10.7. The van der Waals surface area contributed by atoms with Gasteiger partial charge in [0.1, 0.15) is 6.04 Å². The van der Waals surface area contributed by atoms with Crippen molar-refractivity contribution in [2.45, 2.75) is 52.5 Å². The molecule has 0 aliphatic rings. The van der Waals surface area contributed by atoms with Gasteiger partial charge in [-0.15, -0.1) is 0 Å². The Labute approximate surface area is 97.7 Å². The van der Waals surface area contributed by atoms with Gasteiger partial charge in [-0.1, -0.05) is 33.6 Å². The normalized spacial score (nSPS) is 12.3. The second-order valence-corrected chi connectivity index (χ2v) is 4.27. The lowest BCUT2D eigenvalue weighted by atomic mass is 10.0. The third-order valence-electron chi connectivity index (χ3n) is 2.45. The first-order valence-corrected chi connectivity index (χ1v) is 5.90. The summed E-state index contributed by atoms with van der Waals surface area (Å²) in [5, 5.41) is 2.71. The molecular formula is C12H23NO3. The molecule has 4 nitrogen and oxygen atoms in total. The molecule has 1 N–H and O–H groups in total. The highest BCUT2D eigenvalue weighted by molar-refractivity contribution is 5.84. The Morgan fingerprint density at radius 1 is 1.25 bits per heavy atom. The van der Waals surface area contributed by atoms with Crippen LogP contribution < -0.4 is 5.32 Å². The Morgan fingerprint density at radius 2 is 1.88 bits per heavy atom. The maximum Gasteiger partial charge on any atom is 0.328 e. The molecule has 0 aliphatic heterocycles. The van der Waals surface area contributed by atoms with Gasteiger partial charge in [0.2, 0.25) is 5.91 Å². The van der Waals surface area contributed by atoms with Crippen molar-refractivity contribution >= 4 is 11.9 Å². The molecule has 1 amide bonds. The van der Waals surface area contributed by atoms with Crippen molar-refractivity contribution in [1.29, 1.82) is 0 Å². The number of ether oxygens (including phenoxy) is 1. The Morgan fingerprint density at radius 3 is 2.31 bits per heavy atom. The number of hydrogen-bond donors (Lipinski definition) is 1. The molecule has 0 bridgehead atoms. The van der Waals surface area contributed by atoms with E-state index in [9.17, 15) is 9.59 Å². The summed E-state index contributed by atoms with van der Waals surface area (Å²) < 4.78 is 4.65. The molecule has 0 aromatic rings. The number of unbranched alkanes of at least 4 members (excludes halogenated alkanes) is 2. The van der Waals surface area contributed by atoms with Crippen LogP contribution in [0.2, 0.25) is 0 Å². The van der Waals surface area contributed by atoms with Gasteiger partial charge < -0.3 is 10.1 Å². The third-order valence-corrected chi connectivity index (χ3v) is 2.45. The second-order valence-electron chi connectivity index (χ2n) is 4.27. The molecule has 0 aliphatic carbocycles. The summed E-state index contributed by atoms with van der Waals surface area (Å²) in [6, 6.07) is -0.529. The highest BCUT2D eigenvalue weighted by atomic mass is 16.5. The van der Waals surface area contributed by atoms with Crippen LogP contribution in [-0.2, 0) is 14.3 Å². The van der Waals surface area contributed by atoms with Crippen LogP contribution in [0.4, 0.5) is 0 Å². The highest BCUT2D eigenvalue weighted by Gasteiger charge is 2.24. The molecule has 0 rings (SSSR count). The molecule has 94 valence electrons. The van der Waals surface area contributed by atoms with E-state index in [1.807, 2.05) is 13.8 Å². The first kappa shape index (κ1) is 14.9. The van der Waals surface area contributed by atoms with Gasteiger partial charge in [0.25, 0.3) is 0 Å². The molecule has 0 radical (unpaired) electrons. The fourth-order valence-corrected chi connectivity index (χ4v) is 1.41. The fourth-order valence-electron chi connectivity index (χ4n) is 1.41. The van der Waals surface area contributed by atoms with E-state index in [-0.39, 0.29) is 17.8 Å². The minimum atomic E-state index is -0.529. The van der Waals surface area contributed by atoms with E-state index in [1.165, 1.54) is 7.11 Å². The van der Waals surface area contributed by atoms with Crippen molar-refractivity contribution in [3.63, 3.8) is 0 Å². The van der Waals surface area contributed by atoms with Gasteiger partial charge in [0.05, 0.1) is 7.11 Å². The molecule has 1 atom stereocenters. The molecule has 0 spiro atoms. The van der Waals surface area contributed by atoms with E-state index in [0.29, 0.717) is 6.42 Å². The van der Waals surface area contributed by atoms with Crippen molar-refractivity contribution < 1.29 is 14.3 Å². The summed E-state index contributed by atoms with van der Waals surface area (Å²) in [7, 11) is 1.33. The van der Waals surface area contributed by atoms with Crippen LogP contribution in [-0.4, -0.2) is 25.0 Å². The summed E-state index contributed by atoms with van der Waals surface area (Å²) in [5.41, 5.74) is 0. The van der Waals surface area contributed by atoms with Gasteiger partial charge in [0.15, 0.2) is 0 Å². The molecule has 4 heteroatoms. The maximum atomic E-state index is 11.5. The number of carbonyl (C=O) groups excluding carboxylic acids is 2. The van der Waals surface area contributed by atoms with Crippen molar-refractivity contribution in [2.75, 3.05) is 7.11 Å². The average molecular weight is 229 g/mol. The summed E-state index contributed by atoms with van der Waals surface area (Å²) >= 11 is 0. The Kier molecular flexibility index (Phi) is 7.60.